The summed E-state index contributed by atoms with van der Waals surface area (Å²) in [6.07, 6.45) is 2.15. The van der Waals surface area contributed by atoms with Crippen LogP contribution in [0.3, 0.4) is 0 Å². The fourth-order valence-corrected chi connectivity index (χ4v) is 5.69. The lowest BCUT2D eigenvalue weighted by Gasteiger charge is -2.30. The summed E-state index contributed by atoms with van der Waals surface area (Å²) >= 11 is 17.7. The summed E-state index contributed by atoms with van der Waals surface area (Å²) < 4.78 is 27.0. The minimum Gasteiger partial charge on any atom is -0.299 e. The Morgan fingerprint density at radius 3 is 2.07 bits per heavy atom. The van der Waals surface area contributed by atoms with E-state index in [1.165, 1.54) is 22.5 Å². The first kappa shape index (κ1) is 21.6. The maximum absolute atomic E-state index is 12.8. The molecule has 0 aliphatic carbocycles. The molecule has 0 atom stereocenters. The topological polar surface area (TPSA) is 54.5 Å². The molecule has 1 heterocycles. The predicted molar refractivity (Wildman–Crippen MR) is 113 cm³/mol. The number of hydrogen-bond donors (Lipinski definition) is 0. The molecule has 150 valence electrons. The summed E-state index contributed by atoms with van der Waals surface area (Å²) in [5.41, 5.74) is 1.07. The average Bonchev–Trinajstić information content (AvgIpc) is 2.66. The molecule has 1 saturated heterocycles. The Hall–Kier alpha value is -1.11. The fourth-order valence-electron chi connectivity index (χ4n) is 3.37. The molecule has 0 aromatic heterocycles. The highest BCUT2D eigenvalue weighted by molar-refractivity contribution is 7.89. The van der Waals surface area contributed by atoms with Crippen molar-refractivity contribution in [1.82, 2.24) is 4.31 Å². The largest absolute Gasteiger partial charge is 0.299 e. The number of hydrogen-bond acceptors (Lipinski definition) is 3. The Bertz CT molecular complexity index is 933. The summed E-state index contributed by atoms with van der Waals surface area (Å²) in [4.78, 5) is 12.6. The summed E-state index contributed by atoms with van der Waals surface area (Å²) in [5, 5.41) is 1.22. The lowest BCUT2D eigenvalue weighted by molar-refractivity contribution is -0.123. The summed E-state index contributed by atoms with van der Waals surface area (Å²) in [6, 6.07) is 11.7. The van der Waals surface area contributed by atoms with E-state index < -0.39 is 10.0 Å². The van der Waals surface area contributed by atoms with Crippen molar-refractivity contribution in [2.75, 3.05) is 13.1 Å². The molecule has 3 rings (SSSR count). The standard InChI is InChI=1S/C20H20Cl3NO3S/c21-16-4-1-14(2-5-16)3-6-20(25)15-7-9-24(10-8-15)28(26,27)19-12-17(22)11-18(23)13-19/h1-2,4-5,11-13,15H,3,6-10H2. The van der Waals surface area contributed by atoms with E-state index in [2.05, 4.69) is 0 Å². The maximum Gasteiger partial charge on any atom is 0.243 e. The molecule has 1 aliphatic heterocycles. The molecule has 0 amide bonds. The SMILES string of the molecule is O=C(CCc1ccc(Cl)cc1)C1CCN(S(=O)(=O)c2cc(Cl)cc(Cl)c2)CC1. The second-order valence-corrected chi connectivity index (χ2v) is 10.1. The van der Waals surface area contributed by atoms with Crippen molar-refractivity contribution < 1.29 is 13.2 Å². The van der Waals surface area contributed by atoms with E-state index in [-0.39, 0.29) is 26.6 Å². The van der Waals surface area contributed by atoms with Crippen LogP contribution in [-0.4, -0.2) is 31.6 Å². The van der Waals surface area contributed by atoms with Gasteiger partial charge in [0.1, 0.15) is 5.78 Å². The molecule has 0 N–H and O–H groups in total. The lowest BCUT2D eigenvalue weighted by atomic mass is 9.90. The number of piperidine rings is 1. The van der Waals surface area contributed by atoms with Crippen LogP contribution >= 0.6 is 34.8 Å². The van der Waals surface area contributed by atoms with Gasteiger partial charge in [-0.1, -0.05) is 46.9 Å². The van der Waals surface area contributed by atoms with E-state index in [4.69, 9.17) is 34.8 Å². The Balaban J connectivity index is 1.57. The molecule has 2 aromatic carbocycles. The number of carbonyl (C=O) groups is 1. The summed E-state index contributed by atoms with van der Waals surface area (Å²) in [5.74, 6) is 0.0690. The first-order valence-corrected chi connectivity index (χ1v) is 11.6. The number of carbonyl (C=O) groups excluding carboxylic acids is 1. The third-order valence-corrected chi connectivity index (χ3v) is 7.52. The molecule has 8 heteroatoms. The average molecular weight is 461 g/mol. The fraction of sp³-hybridized carbons (Fsp3) is 0.350. The molecule has 0 saturated carbocycles. The van der Waals surface area contributed by atoms with Gasteiger partial charge in [0, 0.05) is 40.5 Å². The molecule has 0 radical (unpaired) electrons. The van der Waals surface area contributed by atoms with Crippen molar-refractivity contribution in [3.8, 4) is 0 Å². The van der Waals surface area contributed by atoms with Gasteiger partial charge in [-0.2, -0.15) is 4.31 Å². The Morgan fingerprint density at radius 1 is 0.929 bits per heavy atom. The van der Waals surface area contributed by atoms with Crippen LogP contribution in [0.5, 0.6) is 0 Å². The van der Waals surface area contributed by atoms with E-state index in [9.17, 15) is 13.2 Å². The zero-order valence-corrected chi connectivity index (χ0v) is 18.2. The molecule has 0 spiro atoms. The number of Topliss-reactive ketones (excluding diaryl/α,β-unsaturated/α-hetero) is 1. The van der Waals surface area contributed by atoms with Crippen molar-refractivity contribution in [1.29, 1.82) is 0 Å². The van der Waals surface area contributed by atoms with Gasteiger partial charge in [0.25, 0.3) is 0 Å². The van der Waals surface area contributed by atoms with Crippen LogP contribution in [-0.2, 0) is 21.2 Å². The molecule has 2 aromatic rings. The number of aryl methyl sites for hydroxylation is 1. The van der Waals surface area contributed by atoms with Gasteiger partial charge in [0.05, 0.1) is 4.90 Å². The van der Waals surface area contributed by atoms with Crippen LogP contribution in [0.15, 0.2) is 47.4 Å². The number of sulfonamides is 1. The number of halogens is 3. The molecule has 1 fully saturated rings. The Morgan fingerprint density at radius 2 is 1.50 bits per heavy atom. The van der Waals surface area contributed by atoms with Crippen LogP contribution in [0, 0.1) is 5.92 Å². The van der Waals surface area contributed by atoms with Gasteiger partial charge in [-0.05, 0) is 55.2 Å². The molecular weight excluding hydrogens is 441 g/mol. The monoisotopic (exact) mass is 459 g/mol. The van der Waals surface area contributed by atoms with E-state index in [1.54, 1.807) is 0 Å². The third kappa shape index (κ3) is 5.28. The smallest absolute Gasteiger partial charge is 0.243 e. The van der Waals surface area contributed by atoms with Crippen molar-refractivity contribution >= 4 is 50.6 Å². The molecule has 1 aliphatic rings. The minimum atomic E-state index is -3.67. The highest BCUT2D eigenvalue weighted by Gasteiger charge is 2.32. The zero-order chi connectivity index (χ0) is 20.3. The molecule has 0 bridgehead atoms. The van der Waals surface area contributed by atoms with E-state index in [1.807, 2.05) is 24.3 Å². The van der Waals surface area contributed by atoms with E-state index in [0.29, 0.717) is 43.8 Å². The second kappa shape index (κ2) is 9.14. The van der Waals surface area contributed by atoms with Crippen molar-refractivity contribution in [3.05, 3.63) is 63.1 Å². The predicted octanol–water partition coefficient (Wildman–Crippen LogP) is 5.25. The van der Waals surface area contributed by atoms with Crippen LogP contribution in [0.1, 0.15) is 24.8 Å². The number of nitrogens with zero attached hydrogens (tertiary/aromatic N) is 1. The van der Waals surface area contributed by atoms with Gasteiger partial charge in [0.2, 0.25) is 10.0 Å². The summed E-state index contributed by atoms with van der Waals surface area (Å²) in [7, 11) is -3.67. The van der Waals surface area contributed by atoms with Gasteiger partial charge < -0.3 is 0 Å². The molecule has 4 nitrogen and oxygen atoms in total. The van der Waals surface area contributed by atoms with Crippen LogP contribution in [0.4, 0.5) is 0 Å². The van der Waals surface area contributed by atoms with Gasteiger partial charge in [-0.3, -0.25) is 4.79 Å². The first-order chi connectivity index (χ1) is 13.3. The molecular formula is C20H20Cl3NO3S. The van der Waals surface area contributed by atoms with Crippen LogP contribution < -0.4 is 0 Å². The lowest BCUT2D eigenvalue weighted by Crippen LogP contribution is -2.40. The van der Waals surface area contributed by atoms with Gasteiger partial charge >= 0.3 is 0 Å². The van der Waals surface area contributed by atoms with Gasteiger partial charge in [-0.25, -0.2) is 8.42 Å². The molecule has 28 heavy (non-hydrogen) atoms. The number of rotatable bonds is 6. The Labute approximate surface area is 180 Å². The third-order valence-electron chi connectivity index (χ3n) is 4.96. The minimum absolute atomic E-state index is 0.0810. The first-order valence-electron chi connectivity index (χ1n) is 8.99. The van der Waals surface area contributed by atoms with E-state index in [0.717, 1.165) is 5.56 Å². The van der Waals surface area contributed by atoms with Crippen molar-refractivity contribution in [2.45, 2.75) is 30.6 Å². The highest BCUT2D eigenvalue weighted by Crippen LogP contribution is 2.28. The summed E-state index contributed by atoms with van der Waals surface area (Å²) in [6.45, 7) is 0.619. The van der Waals surface area contributed by atoms with Crippen LogP contribution in [0.25, 0.3) is 0 Å². The number of benzene rings is 2. The number of ketones is 1. The zero-order valence-electron chi connectivity index (χ0n) is 15.1. The van der Waals surface area contributed by atoms with Crippen LogP contribution in [0.2, 0.25) is 15.1 Å². The van der Waals surface area contributed by atoms with Gasteiger partial charge in [-0.15, -0.1) is 0 Å². The van der Waals surface area contributed by atoms with Crippen molar-refractivity contribution in [3.63, 3.8) is 0 Å². The van der Waals surface area contributed by atoms with Crippen molar-refractivity contribution in [2.24, 2.45) is 5.92 Å². The van der Waals surface area contributed by atoms with Gasteiger partial charge in [0.15, 0.2) is 0 Å². The molecule has 0 unspecified atom stereocenters. The van der Waals surface area contributed by atoms with E-state index >= 15 is 0 Å². The highest BCUT2D eigenvalue weighted by atomic mass is 35.5. The maximum atomic E-state index is 12.8. The quantitative estimate of drug-likeness (QED) is 0.591. The normalized spacial score (nSPS) is 16.2. The Kier molecular flexibility index (Phi) is 7.05. The second-order valence-electron chi connectivity index (χ2n) is 6.88.